The zero-order valence-electron chi connectivity index (χ0n) is 13.8. The van der Waals surface area contributed by atoms with E-state index in [1.165, 1.54) is 24.8 Å². The van der Waals surface area contributed by atoms with E-state index in [9.17, 15) is 4.79 Å². The van der Waals surface area contributed by atoms with Crippen LogP contribution in [0.3, 0.4) is 0 Å². The molecule has 1 unspecified atom stereocenters. The normalized spacial score (nSPS) is 19.4. The first kappa shape index (κ1) is 16.7. The second kappa shape index (κ2) is 7.55. The molecule has 21 heavy (non-hydrogen) atoms. The third kappa shape index (κ3) is 3.57. The molecule has 1 aromatic heterocycles. The molecule has 0 bridgehead atoms. The summed E-state index contributed by atoms with van der Waals surface area (Å²) < 4.78 is 0. The Hall–Kier alpha value is -0.670. The molecule has 118 valence electrons. The highest BCUT2D eigenvalue weighted by atomic mass is 32.1. The summed E-state index contributed by atoms with van der Waals surface area (Å²) in [5, 5.41) is 2.10. The molecule has 2 rings (SSSR count). The number of unbranched alkanes of at least 4 members (excludes halogenated alkanes) is 1. The van der Waals surface area contributed by atoms with Gasteiger partial charge in [0.05, 0.1) is 10.4 Å². The lowest BCUT2D eigenvalue weighted by Crippen LogP contribution is -2.55. The maximum atomic E-state index is 13.3. The summed E-state index contributed by atoms with van der Waals surface area (Å²) in [6.07, 6.45) is 8.04. The Balaban J connectivity index is 2.30. The van der Waals surface area contributed by atoms with E-state index in [-0.39, 0.29) is 5.54 Å². The number of thiophene rings is 1. The number of aryl methyl sites for hydroxylation is 1. The molecule has 0 N–H and O–H groups in total. The predicted molar refractivity (Wildman–Crippen MR) is 91.4 cm³/mol. The molecule has 2 heterocycles. The second-order valence-corrected chi connectivity index (χ2v) is 7.27. The number of ketones is 1. The van der Waals surface area contributed by atoms with Crippen LogP contribution in [0.15, 0.2) is 11.4 Å². The van der Waals surface area contributed by atoms with E-state index in [1.54, 1.807) is 11.3 Å². The van der Waals surface area contributed by atoms with Crippen LogP contribution in [0.4, 0.5) is 0 Å². The average Bonchev–Trinajstić information content (AvgIpc) is 2.96. The van der Waals surface area contributed by atoms with Gasteiger partial charge in [0.2, 0.25) is 0 Å². The van der Waals surface area contributed by atoms with Gasteiger partial charge in [-0.05, 0) is 62.7 Å². The molecule has 1 saturated heterocycles. The third-order valence-corrected chi connectivity index (χ3v) is 5.91. The number of Topliss-reactive ketones (excluding diaryl/α,β-unsaturated/α-hetero) is 1. The van der Waals surface area contributed by atoms with Crippen LogP contribution in [0.1, 0.15) is 74.0 Å². The smallest absolute Gasteiger partial charge is 0.192 e. The average molecular weight is 308 g/mol. The Morgan fingerprint density at radius 1 is 1.29 bits per heavy atom. The Bertz CT molecular complexity index is 462. The highest BCUT2D eigenvalue weighted by Crippen LogP contribution is 2.34. The lowest BCUT2D eigenvalue weighted by molar-refractivity contribution is 0.0395. The lowest BCUT2D eigenvalue weighted by atomic mass is 9.81. The largest absolute Gasteiger partial charge is 0.291 e. The Morgan fingerprint density at radius 3 is 2.52 bits per heavy atom. The van der Waals surface area contributed by atoms with E-state index in [0.29, 0.717) is 5.78 Å². The predicted octanol–water partition coefficient (Wildman–Crippen LogP) is 5.06. The molecule has 2 nitrogen and oxygen atoms in total. The molecule has 1 aliphatic heterocycles. The van der Waals surface area contributed by atoms with Gasteiger partial charge in [-0.2, -0.15) is 0 Å². The van der Waals surface area contributed by atoms with Crippen molar-refractivity contribution in [2.45, 2.75) is 71.3 Å². The summed E-state index contributed by atoms with van der Waals surface area (Å²) >= 11 is 1.62. The first-order valence-corrected chi connectivity index (χ1v) is 9.37. The monoisotopic (exact) mass is 307 g/mol. The molecular formula is C18H29NOS. The molecule has 1 fully saturated rings. The van der Waals surface area contributed by atoms with E-state index < -0.39 is 0 Å². The summed E-state index contributed by atoms with van der Waals surface area (Å²) in [6, 6.07) is 2.08. The summed E-state index contributed by atoms with van der Waals surface area (Å²) in [5.41, 5.74) is 0.954. The van der Waals surface area contributed by atoms with Gasteiger partial charge in [0, 0.05) is 0 Å². The number of carbonyl (C=O) groups excluding carboxylic acids is 1. The Morgan fingerprint density at radius 2 is 2.00 bits per heavy atom. The number of hydrogen-bond acceptors (Lipinski definition) is 3. The summed E-state index contributed by atoms with van der Waals surface area (Å²) in [7, 11) is 0. The zero-order valence-corrected chi connectivity index (χ0v) is 14.6. The maximum absolute atomic E-state index is 13.3. The number of rotatable bonds is 7. The molecule has 1 aromatic rings. The van der Waals surface area contributed by atoms with E-state index in [4.69, 9.17) is 0 Å². The van der Waals surface area contributed by atoms with Gasteiger partial charge >= 0.3 is 0 Å². The van der Waals surface area contributed by atoms with Gasteiger partial charge in [-0.15, -0.1) is 11.3 Å². The number of piperidine rings is 1. The van der Waals surface area contributed by atoms with Crippen LogP contribution in [-0.2, 0) is 0 Å². The summed E-state index contributed by atoms with van der Waals surface area (Å²) in [5.74, 6) is 0.374. The van der Waals surface area contributed by atoms with Gasteiger partial charge in [0.25, 0.3) is 0 Å². The minimum Gasteiger partial charge on any atom is -0.291 e. The van der Waals surface area contributed by atoms with Gasteiger partial charge < -0.3 is 0 Å². The molecule has 3 heteroatoms. The van der Waals surface area contributed by atoms with E-state index >= 15 is 0 Å². The summed E-state index contributed by atoms with van der Waals surface area (Å²) in [6.45, 7) is 8.67. The van der Waals surface area contributed by atoms with Crippen LogP contribution in [0.5, 0.6) is 0 Å². The van der Waals surface area contributed by atoms with E-state index in [2.05, 4.69) is 37.1 Å². The molecule has 1 aliphatic rings. The Labute approximate surface area is 133 Å². The number of likely N-dealkylation sites (tertiary alicyclic amines) is 1. The minimum absolute atomic E-state index is 0.256. The van der Waals surface area contributed by atoms with Crippen LogP contribution >= 0.6 is 11.3 Å². The number of carbonyl (C=O) groups is 1. The van der Waals surface area contributed by atoms with Gasteiger partial charge in [-0.1, -0.05) is 33.1 Å². The molecule has 0 spiro atoms. The first-order chi connectivity index (χ1) is 10.1. The quantitative estimate of drug-likeness (QED) is 0.656. The summed E-state index contributed by atoms with van der Waals surface area (Å²) in [4.78, 5) is 16.7. The first-order valence-electron chi connectivity index (χ1n) is 8.49. The fourth-order valence-corrected chi connectivity index (χ4v) is 4.48. The van der Waals surface area contributed by atoms with Gasteiger partial charge in [-0.25, -0.2) is 0 Å². The molecule has 0 aromatic carbocycles. The second-order valence-electron chi connectivity index (χ2n) is 6.35. The topological polar surface area (TPSA) is 20.3 Å². The van der Waals surface area contributed by atoms with Crippen molar-refractivity contribution in [3.63, 3.8) is 0 Å². The van der Waals surface area contributed by atoms with Crippen LogP contribution in [-0.4, -0.2) is 29.3 Å². The Kier molecular flexibility index (Phi) is 6.00. The van der Waals surface area contributed by atoms with Gasteiger partial charge in [0.1, 0.15) is 0 Å². The van der Waals surface area contributed by atoms with E-state index in [0.717, 1.165) is 43.6 Å². The van der Waals surface area contributed by atoms with Crippen LogP contribution < -0.4 is 0 Å². The fraction of sp³-hybridized carbons (Fsp3) is 0.722. The maximum Gasteiger partial charge on any atom is 0.192 e. The van der Waals surface area contributed by atoms with Crippen molar-refractivity contribution in [3.8, 4) is 0 Å². The van der Waals surface area contributed by atoms with Crippen molar-refractivity contribution in [2.75, 3.05) is 13.1 Å². The molecule has 0 aliphatic carbocycles. The molecule has 0 amide bonds. The minimum atomic E-state index is -0.256. The van der Waals surface area contributed by atoms with Crippen molar-refractivity contribution in [2.24, 2.45) is 0 Å². The third-order valence-electron chi connectivity index (χ3n) is 4.87. The SMILES string of the molecule is CCCCC(CC)(C(=O)c1cc(C)cs1)N1CCCCC1. The highest BCUT2D eigenvalue weighted by Gasteiger charge is 2.42. The van der Waals surface area contributed by atoms with Crippen LogP contribution in [0, 0.1) is 6.92 Å². The molecular weight excluding hydrogens is 278 g/mol. The molecule has 1 atom stereocenters. The standard InChI is InChI=1S/C18H29NOS/c1-4-6-10-18(5-2,19-11-8-7-9-12-19)17(20)16-13-15(3)14-21-16/h13-14H,4-12H2,1-3H3. The van der Waals surface area contributed by atoms with E-state index in [1.807, 2.05) is 0 Å². The molecule has 0 radical (unpaired) electrons. The van der Waals surface area contributed by atoms with Crippen molar-refractivity contribution in [1.82, 2.24) is 4.90 Å². The number of hydrogen-bond donors (Lipinski definition) is 0. The number of nitrogens with zero attached hydrogens (tertiary/aromatic N) is 1. The van der Waals surface area contributed by atoms with Crippen LogP contribution in [0.25, 0.3) is 0 Å². The molecule has 0 saturated carbocycles. The van der Waals surface area contributed by atoms with Crippen LogP contribution in [0.2, 0.25) is 0 Å². The highest BCUT2D eigenvalue weighted by molar-refractivity contribution is 7.12. The van der Waals surface area contributed by atoms with Crippen molar-refractivity contribution in [3.05, 3.63) is 21.9 Å². The zero-order chi connectivity index (χ0) is 15.3. The van der Waals surface area contributed by atoms with Gasteiger partial charge in [0.15, 0.2) is 5.78 Å². The fourth-order valence-electron chi connectivity index (χ4n) is 3.55. The van der Waals surface area contributed by atoms with Crippen molar-refractivity contribution < 1.29 is 4.79 Å². The van der Waals surface area contributed by atoms with Crippen molar-refractivity contribution >= 4 is 17.1 Å². The van der Waals surface area contributed by atoms with Crippen molar-refractivity contribution in [1.29, 1.82) is 0 Å². The lowest BCUT2D eigenvalue weighted by Gasteiger charge is -2.44. The van der Waals surface area contributed by atoms with Gasteiger partial charge in [-0.3, -0.25) is 9.69 Å².